The van der Waals surface area contributed by atoms with E-state index >= 15 is 0 Å². The molecule has 3 aromatic rings. The highest BCUT2D eigenvalue weighted by molar-refractivity contribution is 5.93. The molecule has 1 aliphatic rings. The van der Waals surface area contributed by atoms with Crippen LogP contribution in [0.25, 0.3) is 10.8 Å². The zero-order valence-electron chi connectivity index (χ0n) is 15.3. The fourth-order valence-corrected chi connectivity index (χ4v) is 3.48. The molecule has 4 rings (SSSR count). The van der Waals surface area contributed by atoms with Crippen LogP contribution in [0.1, 0.15) is 41.9 Å². The van der Waals surface area contributed by atoms with Crippen molar-refractivity contribution in [3.8, 4) is 5.75 Å². The van der Waals surface area contributed by atoms with E-state index in [0.29, 0.717) is 11.4 Å². The molecule has 0 radical (unpaired) electrons. The van der Waals surface area contributed by atoms with E-state index in [4.69, 9.17) is 4.74 Å². The Morgan fingerprint density at radius 2 is 1.85 bits per heavy atom. The van der Waals surface area contributed by atoms with Gasteiger partial charge in [-0.3, -0.25) is 9.78 Å². The van der Waals surface area contributed by atoms with E-state index in [1.807, 2.05) is 30.5 Å². The number of hydrogen-bond acceptors (Lipinski definition) is 5. The minimum atomic E-state index is -0.110. The van der Waals surface area contributed by atoms with Crippen molar-refractivity contribution in [2.75, 3.05) is 0 Å². The van der Waals surface area contributed by atoms with E-state index in [1.54, 1.807) is 25.5 Å². The van der Waals surface area contributed by atoms with Crippen molar-refractivity contribution in [3.05, 3.63) is 60.4 Å². The van der Waals surface area contributed by atoms with Crippen LogP contribution in [-0.4, -0.2) is 33.0 Å². The molecule has 6 heteroatoms. The molecule has 138 valence electrons. The van der Waals surface area contributed by atoms with Crippen LogP contribution in [0.3, 0.4) is 0 Å². The summed E-state index contributed by atoms with van der Waals surface area (Å²) in [4.78, 5) is 24.6. The fraction of sp³-hybridized carbons (Fsp3) is 0.333. The number of fused-ring (bicyclic) bond motifs is 1. The Balaban J connectivity index is 1.33. The summed E-state index contributed by atoms with van der Waals surface area (Å²) < 4.78 is 6.26. The van der Waals surface area contributed by atoms with E-state index in [-0.39, 0.29) is 18.1 Å². The number of nitrogens with one attached hydrogen (secondary N) is 1. The molecule has 1 amide bonds. The number of ether oxygens (including phenoxy) is 1. The van der Waals surface area contributed by atoms with Gasteiger partial charge in [0, 0.05) is 41.6 Å². The van der Waals surface area contributed by atoms with Crippen molar-refractivity contribution in [3.63, 3.8) is 0 Å². The molecule has 0 saturated heterocycles. The van der Waals surface area contributed by atoms with Gasteiger partial charge in [-0.25, -0.2) is 9.97 Å². The Labute approximate surface area is 158 Å². The summed E-state index contributed by atoms with van der Waals surface area (Å²) in [6.45, 7) is 1.80. The molecule has 1 aliphatic carbocycles. The number of carbonyl (C=O) groups excluding carboxylic acids is 1. The quantitative estimate of drug-likeness (QED) is 0.769. The average Bonchev–Trinajstić information content (AvgIpc) is 2.70. The smallest absolute Gasteiger partial charge is 0.254 e. The molecule has 0 aliphatic heterocycles. The predicted octanol–water partition coefficient (Wildman–Crippen LogP) is 3.45. The molecular weight excluding hydrogens is 340 g/mol. The molecule has 6 nitrogen and oxygen atoms in total. The van der Waals surface area contributed by atoms with Gasteiger partial charge in [0.05, 0.1) is 11.7 Å². The second-order valence-electron chi connectivity index (χ2n) is 6.94. The second kappa shape index (κ2) is 7.70. The van der Waals surface area contributed by atoms with Gasteiger partial charge in [0.1, 0.15) is 11.6 Å². The summed E-state index contributed by atoms with van der Waals surface area (Å²) in [5.41, 5.74) is 0.503. The van der Waals surface area contributed by atoms with Gasteiger partial charge in [-0.2, -0.15) is 0 Å². The van der Waals surface area contributed by atoms with Crippen LogP contribution < -0.4 is 10.1 Å². The Kier molecular flexibility index (Phi) is 4.96. The third-order valence-corrected chi connectivity index (χ3v) is 4.99. The number of aromatic nitrogens is 3. The Bertz CT molecular complexity index is 929. The topological polar surface area (TPSA) is 77.0 Å². The number of nitrogens with zero attached hydrogens (tertiary/aromatic N) is 3. The number of carbonyl (C=O) groups is 1. The first-order valence-corrected chi connectivity index (χ1v) is 9.28. The molecular formula is C21H22N4O2. The van der Waals surface area contributed by atoms with E-state index in [9.17, 15) is 4.79 Å². The van der Waals surface area contributed by atoms with Crippen LogP contribution in [0.5, 0.6) is 5.75 Å². The van der Waals surface area contributed by atoms with Gasteiger partial charge in [-0.1, -0.05) is 12.1 Å². The largest absolute Gasteiger partial charge is 0.490 e. The minimum Gasteiger partial charge on any atom is -0.490 e. The number of rotatable bonds is 4. The molecule has 1 N–H and O–H groups in total. The summed E-state index contributed by atoms with van der Waals surface area (Å²) in [6, 6.07) is 8.19. The third kappa shape index (κ3) is 4.05. The number of amides is 1. The Morgan fingerprint density at radius 1 is 1.07 bits per heavy atom. The highest BCUT2D eigenvalue weighted by atomic mass is 16.5. The summed E-state index contributed by atoms with van der Waals surface area (Å²) in [7, 11) is 0. The minimum absolute atomic E-state index is 0.110. The van der Waals surface area contributed by atoms with Crippen LogP contribution >= 0.6 is 0 Å². The molecule has 0 bridgehead atoms. The normalized spacial score (nSPS) is 19.6. The number of aryl methyl sites for hydroxylation is 1. The summed E-state index contributed by atoms with van der Waals surface area (Å²) in [6.07, 6.45) is 10.6. The Morgan fingerprint density at radius 3 is 2.63 bits per heavy atom. The maximum atomic E-state index is 12.3. The van der Waals surface area contributed by atoms with Gasteiger partial charge < -0.3 is 10.1 Å². The lowest BCUT2D eigenvalue weighted by molar-refractivity contribution is 0.0894. The van der Waals surface area contributed by atoms with E-state index in [0.717, 1.165) is 42.2 Å². The van der Waals surface area contributed by atoms with Crippen molar-refractivity contribution < 1.29 is 9.53 Å². The summed E-state index contributed by atoms with van der Waals surface area (Å²) in [5.74, 6) is 1.45. The first-order chi connectivity index (χ1) is 13.2. The van der Waals surface area contributed by atoms with Crippen molar-refractivity contribution in [2.45, 2.75) is 44.8 Å². The van der Waals surface area contributed by atoms with Crippen LogP contribution in [0.2, 0.25) is 0 Å². The van der Waals surface area contributed by atoms with E-state index in [1.165, 1.54) is 0 Å². The summed E-state index contributed by atoms with van der Waals surface area (Å²) >= 11 is 0. The van der Waals surface area contributed by atoms with Crippen molar-refractivity contribution in [2.24, 2.45) is 0 Å². The molecule has 0 unspecified atom stereocenters. The molecule has 2 aromatic heterocycles. The van der Waals surface area contributed by atoms with Crippen molar-refractivity contribution in [1.82, 2.24) is 20.3 Å². The number of pyridine rings is 1. The van der Waals surface area contributed by atoms with Crippen LogP contribution in [0, 0.1) is 6.92 Å². The van der Waals surface area contributed by atoms with Crippen LogP contribution in [0.4, 0.5) is 0 Å². The van der Waals surface area contributed by atoms with Gasteiger partial charge in [0.15, 0.2) is 0 Å². The Hall–Kier alpha value is -3.02. The molecule has 0 atom stereocenters. The molecule has 27 heavy (non-hydrogen) atoms. The molecule has 0 spiro atoms. The van der Waals surface area contributed by atoms with E-state index in [2.05, 4.69) is 20.3 Å². The van der Waals surface area contributed by atoms with Crippen molar-refractivity contribution >= 4 is 16.7 Å². The summed E-state index contributed by atoms with van der Waals surface area (Å²) in [5, 5.41) is 5.25. The van der Waals surface area contributed by atoms with Crippen LogP contribution in [0.15, 0.2) is 49.1 Å². The SMILES string of the molecule is Cc1ncc(C(=O)NC2CCC(Oc3cccc4cnccc34)CC2)cn1. The van der Waals surface area contributed by atoms with Gasteiger partial charge in [-0.15, -0.1) is 0 Å². The molecule has 1 aromatic carbocycles. The molecule has 2 heterocycles. The average molecular weight is 362 g/mol. The van der Waals surface area contributed by atoms with Gasteiger partial charge in [0.2, 0.25) is 0 Å². The van der Waals surface area contributed by atoms with E-state index < -0.39 is 0 Å². The molecule has 1 fully saturated rings. The van der Waals surface area contributed by atoms with Gasteiger partial charge >= 0.3 is 0 Å². The first-order valence-electron chi connectivity index (χ1n) is 9.28. The standard InChI is InChI=1S/C21H22N4O2/c1-14-23-12-16(13-24-14)21(26)25-17-5-7-18(8-6-17)27-20-4-2-3-15-11-22-10-9-19(15)20/h2-4,9-13,17-18H,5-8H2,1H3,(H,25,26). The highest BCUT2D eigenvalue weighted by Gasteiger charge is 2.24. The zero-order valence-corrected chi connectivity index (χ0v) is 15.3. The first kappa shape index (κ1) is 17.4. The maximum Gasteiger partial charge on any atom is 0.254 e. The van der Waals surface area contributed by atoms with Crippen molar-refractivity contribution in [1.29, 1.82) is 0 Å². The van der Waals surface area contributed by atoms with Gasteiger partial charge in [-0.05, 0) is 44.7 Å². The lowest BCUT2D eigenvalue weighted by Gasteiger charge is -2.29. The fourth-order valence-electron chi connectivity index (χ4n) is 3.48. The van der Waals surface area contributed by atoms with Gasteiger partial charge in [0.25, 0.3) is 5.91 Å². The highest BCUT2D eigenvalue weighted by Crippen LogP contribution is 2.29. The number of hydrogen-bond donors (Lipinski definition) is 1. The lowest BCUT2D eigenvalue weighted by atomic mass is 9.92. The number of benzene rings is 1. The zero-order chi connectivity index (χ0) is 18.6. The second-order valence-corrected chi connectivity index (χ2v) is 6.94. The lowest BCUT2D eigenvalue weighted by Crippen LogP contribution is -2.39. The van der Waals surface area contributed by atoms with Crippen LogP contribution in [-0.2, 0) is 0 Å². The maximum absolute atomic E-state index is 12.3. The third-order valence-electron chi connectivity index (χ3n) is 4.99. The monoisotopic (exact) mass is 362 g/mol. The predicted molar refractivity (Wildman–Crippen MR) is 103 cm³/mol. The molecule has 1 saturated carbocycles.